The van der Waals surface area contributed by atoms with Gasteiger partial charge in [0.1, 0.15) is 0 Å². The average Bonchev–Trinajstić information content (AvgIpc) is 1.91. The van der Waals surface area contributed by atoms with E-state index in [-0.39, 0.29) is 0 Å². The maximum absolute atomic E-state index is 2.28. The molecular weight excluding hydrogens is 148 g/mol. The Kier molecular flexibility index (Phi) is 3.91. The molecule has 0 aromatic heterocycles. The Bertz CT molecular complexity index is 64.6. The van der Waals surface area contributed by atoms with Crippen molar-refractivity contribution in [3.63, 3.8) is 0 Å². The summed E-state index contributed by atoms with van der Waals surface area (Å²) in [6.45, 7) is 2.28. The molecule has 0 aromatic rings. The maximum atomic E-state index is 2.28. The van der Waals surface area contributed by atoms with Gasteiger partial charge in [0.05, 0.1) is 0 Å². The maximum Gasteiger partial charge on any atom is 0.0392 e. The molecule has 2 heteroatoms. The molecule has 0 saturated carbocycles. The van der Waals surface area contributed by atoms with Crippen molar-refractivity contribution in [2.24, 2.45) is 5.92 Å². The van der Waals surface area contributed by atoms with Crippen molar-refractivity contribution >= 4 is 23.5 Å². The molecule has 0 unspecified atom stereocenters. The van der Waals surface area contributed by atoms with Gasteiger partial charge in [0.15, 0.2) is 0 Å². The summed E-state index contributed by atoms with van der Waals surface area (Å²) in [5.74, 6) is 3.86. The SMILES string of the molecule is CCCC1CSCSC1. The highest BCUT2D eigenvalue weighted by Crippen LogP contribution is 2.27. The highest BCUT2D eigenvalue weighted by atomic mass is 32.2. The Morgan fingerprint density at radius 3 is 2.56 bits per heavy atom. The molecule has 1 heterocycles. The Morgan fingerprint density at radius 1 is 1.33 bits per heavy atom. The quantitative estimate of drug-likeness (QED) is 0.612. The second kappa shape index (κ2) is 4.51. The Balaban J connectivity index is 2.08. The molecule has 9 heavy (non-hydrogen) atoms. The molecule has 0 aliphatic carbocycles. The van der Waals surface area contributed by atoms with Crippen LogP contribution < -0.4 is 0 Å². The molecule has 0 amide bonds. The predicted molar refractivity (Wildman–Crippen MR) is 48.2 cm³/mol. The molecule has 1 fully saturated rings. The van der Waals surface area contributed by atoms with E-state index >= 15 is 0 Å². The van der Waals surface area contributed by atoms with Gasteiger partial charge in [-0.3, -0.25) is 0 Å². The molecule has 0 bridgehead atoms. The third kappa shape index (κ3) is 2.85. The van der Waals surface area contributed by atoms with E-state index in [1.54, 1.807) is 0 Å². The van der Waals surface area contributed by atoms with E-state index in [1.165, 1.54) is 29.4 Å². The van der Waals surface area contributed by atoms with Crippen LogP contribution in [0.3, 0.4) is 0 Å². The Morgan fingerprint density at radius 2 is 2.00 bits per heavy atom. The first-order valence-corrected chi connectivity index (χ1v) is 5.90. The van der Waals surface area contributed by atoms with Gasteiger partial charge >= 0.3 is 0 Å². The molecule has 0 N–H and O–H groups in total. The first kappa shape index (κ1) is 7.80. The molecule has 0 nitrogen and oxygen atoms in total. The lowest BCUT2D eigenvalue weighted by molar-refractivity contribution is 0.593. The second-order valence-corrected chi connectivity index (χ2v) is 4.94. The zero-order chi connectivity index (χ0) is 6.53. The Labute approximate surface area is 66.2 Å². The van der Waals surface area contributed by atoms with Gasteiger partial charge in [-0.2, -0.15) is 23.5 Å². The lowest BCUT2D eigenvalue weighted by Crippen LogP contribution is -2.11. The van der Waals surface area contributed by atoms with Crippen LogP contribution in [0.25, 0.3) is 0 Å². The molecule has 1 aliphatic heterocycles. The summed E-state index contributed by atoms with van der Waals surface area (Å²) in [4.78, 5) is 0. The molecule has 1 saturated heterocycles. The van der Waals surface area contributed by atoms with Gasteiger partial charge in [-0.05, 0) is 23.8 Å². The first-order valence-electron chi connectivity index (χ1n) is 3.59. The topological polar surface area (TPSA) is 0 Å². The minimum absolute atomic E-state index is 1.03. The van der Waals surface area contributed by atoms with Gasteiger partial charge < -0.3 is 0 Å². The van der Waals surface area contributed by atoms with E-state index in [4.69, 9.17) is 0 Å². The van der Waals surface area contributed by atoms with Gasteiger partial charge in [0, 0.05) is 5.08 Å². The largest absolute Gasteiger partial charge is 0.151 e. The number of hydrogen-bond donors (Lipinski definition) is 0. The van der Waals surface area contributed by atoms with Gasteiger partial charge in [0.25, 0.3) is 0 Å². The van der Waals surface area contributed by atoms with Crippen molar-refractivity contribution in [1.29, 1.82) is 0 Å². The molecule has 0 atom stereocenters. The van der Waals surface area contributed by atoms with E-state index in [0.29, 0.717) is 0 Å². The van der Waals surface area contributed by atoms with Crippen LogP contribution in [-0.2, 0) is 0 Å². The third-order valence-electron chi connectivity index (χ3n) is 1.57. The minimum atomic E-state index is 1.03. The summed E-state index contributed by atoms with van der Waals surface area (Å²) in [5, 5.41) is 1.33. The summed E-state index contributed by atoms with van der Waals surface area (Å²) in [5.41, 5.74) is 0. The standard InChI is InChI=1S/C7H14S2/c1-2-3-7-4-8-6-9-5-7/h7H,2-6H2,1H3. The van der Waals surface area contributed by atoms with Crippen LogP contribution in [0.4, 0.5) is 0 Å². The smallest absolute Gasteiger partial charge is 0.0392 e. The molecule has 1 aliphatic rings. The number of thioether (sulfide) groups is 2. The molecule has 0 aromatic carbocycles. The van der Waals surface area contributed by atoms with Crippen molar-refractivity contribution in [2.75, 3.05) is 16.6 Å². The van der Waals surface area contributed by atoms with Crippen LogP contribution in [0.1, 0.15) is 19.8 Å². The fourth-order valence-electron chi connectivity index (χ4n) is 1.11. The lowest BCUT2D eigenvalue weighted by atomic mass is 10.1. The molecule has 54 valence electrons. The summed E-state index contributed by atoms with van der Waals surface area (Å²) in [7, 11) is 0. The van der Waals surface area contributed by atoms with Gasteiger partial charge in [-0.1, -0.05) is 13.3 Å². The van der Waals surface area contributed by atoms with E-state index in [9.17, 15) is 0 Å². The van der Waals surface area contributed by atoms with E-state index in [0.717, 1.165) is 5.92 Å². The molecule has 0 spiro atoms. The highest BCUT2D eigenvalue weighted by molar-refractivity contribution is 8.16. The molecular formula is C7H14S2. The van der Waals surface area contributed by atoms with Crippen molar-refractivity contribution in [2.45, 2.75) is 19.8 Å². The van der Waals surface area contributed by atoms with Crippen LogP contribution in [0.5, 0.6) is 0 Å². The first-order chi connectivity index (χ1) is 4.43. The summed E-state index contributed by atoms with van der Waals surface area (Å²) < 4.78 is 0. The summed E-state index contributed by atoms with van der Waals surface area (Å²) >= 11 is 4.21. The zero-order valence-corrected chi connectivity index (χ0v) is 7.56. The second-order valence-electron chi connectivity index (χ2n) is 2.51. The van der Waals surface area contributed by atoms with Gasteiger partial charge in [0.2, 0.25) is 0 Å². The average molecular weight is 162 g/mol. The van der Waals surface area contributed by atoms with Gasteiger partial charge in [-0.25, -0.2) is 0 Å². The van der Waals surface area contributed by atoms with Crippen molar-refractivity contribution < 1.29 is 0 Å². The van der Waals surface area contributed by atoms with E-state index in [2.05, 4.69) is 30.4 Å². The summed E-state index contributed by atoms with van der Waals surface area (Å²) in [6, 6.07) is 0. The summed E-state index contributed by atoms with van der Waals surface area (Å²) in [6.07, 6.45) is 2.81. The fraction of sp³-hybridized carbons (Fsp3) is 1.00. The van der Waals surface area contributed by atoms with E-state index < -0.39 is 0 Å². The van der Waals surface area contributed by atoms with Crippen LogP contribution in [0.15, 0.2) is 0 Å². The van der Waals surface area contributed by atoms with Crippen molar-refractivity contribution in [1.82, 2.24) is 0 Å². The van der Waals surface area contributed by atoms with Crippen LogP contribution >= 0.6 is 23.5 Å². The fourth-order valence-corrected chi connectivity index (χ4v) is 3.74. The Hall–Kier alpha value is 0.700. The van der Waals surface area contributed by atoms with Crippen molar-refractivity contribution in [3.05, 3.63) is 0 Å². The molecule has 1 rings (SSSR count). The highest BCUT2D eigenvalue weighted by Gasteiger charge is 2.11. The van der Waals surface area contributed by atoms with Crippen LogP contribution in [0.2, 0.25) is 0 Å². The third-order valence-corrected chi connectivity index (χ3v) is 4.32. The monoisotopic (exact) mass is 162 g/mol. The zero-order valence-electron chi connectivity index (χ0n) is 5.93. The molecule has 0 radical (unpaired) electrons. The predicted octanol–water partition coefficient (Wildman–Crippen LogP) is 2.84. The van der Waals surface area contributed by atoms with Crippen LogP contribution in [0, 0.1) is 5.92 Å². The lowest BCUT2D eigenvalue weighted by Gasteiger charge is -2.19. The normalized spacial score (nSPS) is 22.3. The van der Waals surface area contributed by atoms with Crippen molar-refractivity contribution in [3.8, 4) is 0 Å². The number of hydrogen-bond acceptors (Lipinski definition) is 2. The van der Waals surface area contributed by atoms with Crippen LogP contribution in [-0.4, -0.2) is 16.6 Å². The van der Waals surface area contributed by atoms with E-state index in [1.807, 2.05) is 0 Å². The number of rotatable bonds is 2. The van der Waals surface area contributed by atoms with Gasteiger partial charge in [-0.15, -0.1) is 0 Å². The minimum Gasteiger partial charge on any atom is -0.151 e.